The van der Waals surface area contributed by atoms with Gasteiger partial charge in [-0.05, 0) is 36.8 Å². The number of hydrogen-bond donors (Lipinski definition) is 1. The van der Waals surface area contributed by atoms with E-state index in [-0.39, 0.29) is 0 Å². The standard InChI is InChI=1S/C15H14N2S/c1-10-7-8-12(16)14(9-10)17-11(2)18-15-6-4-3-5-13(15)17/h3-9H,2,16H2,1H3. The molecule has 2 nitrogen and oxygen atoms in total. The third-order valence-electron chi connectivity index (χ3n) is 3.01. The molecule has 0 atom stereocenters. The topological polar surface area (TPSA) is 29.3 Å². The summed E-state index contributed by atoms with van der Waals surface area (Å²) in [4.78, 5) is 3.35. The number of nitrogens with zero attached hydrogens (tertiary/aromatic N) is 1. The van der Waals surface area contributed by atoms with Gasteiger partial charge in [-0.1, -0.05) is 36.5 Å². The average molecular weight is 254 g/mol. The molecule has 2 aromatic carbocycles. The van der Waals surface area contributed by atoms with Crippen LogP contribution in [-0.2, 0) is 0 Å². The van der Waals surface area contributed by atoms with Crippen molar-refractivity contribution in [3.05, 3.63) is 59.6 Å². The fraction of sp³-hybridized carbons (Fsp3) is 0.0667. The number of rotatable bonds is 1. The van der Waals surface area contributed by atoms with E-state index in [1.807, 2.05) is 24.3 Å². The van der Waals surface area contributed by atoms with Gasteiger partial charge < -0.3 is 10.6 Å². The molecule has 3 heteroatoms. The van der Waals surface area contributed by atoms with Crippen LogP contribution >= 0.6 is 11.8 Å². The number of hydrogen-bond acceptors (Lipinski definition) is 3. The number of para-hydroxylation sites is 1. The maximum Gasteiger partial charge on any atom is 0.0775 e. The Hall–Kier alpha value is -1.87. The highest BCUT2D eigenvalue weighted by Gasteiger charge is 2.25. The first-order chi connectivity index (χ1) is 8.66. The normalized spacial score (nSPS) is 13.8. The van der Waals surface area contributed by atoms with Crippen molar-refractivity contribution in [2.45, 2.75) is 11.8 Å². The number of aryl methyl sites for hydroxylation is 1. The number of fused-ring (bicyclic) bond motifs is 1. The van der Waals surface area contributed by atoms with E-state index in [9.17, 15) is 0 Å². The monoisotopic (exact) mass is 254 g/mol. The summed E-state index contributed by atoms with van der Waals surface area (Å²) in [7, 11) is 0. The molecule has 0 unspecified atom stereocenters. The van der Waals surface area contributed by atoms with E-state index in [2.05, 4.69) is 36.6 Å². The maximum absolute atomic E-state index is 6.10. The minimum Gasteiger partial charge on any atom is -0.397 e. The van der Waals surface area contributed by atoms with Crippen LogP contribution in [0.25, 0.3) is 0 Å². The smallest absolute Gasteiger partial charge is 0.0775 e. The van der Waals surface area contributed by atoms with Crippen molar-refractivity contribution in [1.82, 2.24) is 0 Å². The largest absolute Gasteiger partial charge is 0.397 e. The van der Waals surface area contributed by atoms with Crippen molar-refractivity contribution < 1.29 is 0 Å². The molecule has 0 saturated heterocycles. The molecule has 0 saturated carbocycles. The number of nitrogen functional groups attached to an aromatic ring is 1. The van der Waals surface area contributed by atoms with Gasteiger partial charge in [0.15, 0.2) is 0 Å². The Labute approximate surface area is 111 Å². The molecular formula is C15H14N2S. The molecule has 0 spiro atoms. The van der Waals surface area contributed by atoms with Crippen molar-refractivity contribution >= 4 is 28.8 Å². The van der Waals surface area contributed by atoms with Crippen LogP contribution in [-0.4, -0.2) is 0 Å². The van der Waals surface area contributed by atoms with Crippen LogP contribution in [0, 0.1) is 6.92 Å². The van der Waals surface area contributed by atoms with Gasteiger partial charge in [-0.15, -0.1) is 0 Å². The summed E-state index contributed by atoms with van der Waals surface area (Å²) in [5, 5.41) is 0.994. The number of thioether (sulfide) groups is 1. The summed E-state index contributed by atoms with van der Waals surface area (Å²) >= 11 is 1.68. The van der Waals surface area contributed by atoms with E-state index in [0.29, 0.717) is 0 Å². The Kier molecular flexibility index (Phi) is 2.56. The Morgan fingerprint density at radius 2 is 1.89 bits per heavy atom. The summed E-state index contributed by atoms with van der Waals surface area (Å²) in [6.45, 7) is 6.20. The van der Waals surface area contributed by atoms with E-state index in [0.717, 1.165) is 22.1 Å². The maximum atomic E-state index is 6.10. The Morgan fingerprint density at radius 3 is 2.72 bits per heavy atom. The molecule has 0 bridgehead atoms. The van der Waals surface area contributed by atoms with Crippen molar-refractivity contribution in [2.75, 3.05) is 10.6 Å². The molecular weight excluding hydrogens is 240 g/mol. The zero-order chi connectivity index (χ0) is 12.7. The van der Waals surface area contributed by atoms with Gasteiger partial charge in [-0.25, -0.2) is 0 Å². The third kappa shape index (κ3) is 1.68. The highest BCUT2D eigenvalue weighted by Crippen LogP contribution is 2.50. The number of anilines is 3. The minimum atomic E-state index is 0.777. The fourth-order valence-corrected chi connectivity index (χ4v) is 3.10. The molecule has 3 rings (SSSR count). The lowest BCUT2D eigenvalue weighted by atomic mass is 10.1. The van der Waals surface area contributed by atoms with Gasteiger partial charge in [0.05, 0.1) is 22.1 Å². The second-order valence-corrected chi connectivity index (χ2v) is 5.48. The van der Waals surface area contributed by atoms with Gasteiger partial charge in [0.25, 0.3) is 0 Å². The quantitative estimate of drug-likeness (QED) is 0.770. The Bertz CT molecular complexity index is 634. The van der Waals surface area contributed by atoms with Crippen LogP contribution in [0.1, 0.15) is 5.56 Å². The molecule has 0 radical (unpaired) electrons. The summed E-state index contributed by atoms with van der Waals surface area (Å²) in [5.74, 6) is 0. The SMILES string of the molecule is C=C1Sc2ccccc2N1c1cc(C)ccc1N. The van der Waals surface area contributed by atoms with Gasteiger partial charge in [0.2, 0.25) is 0 Å². The fourth-order valence-electron chi connectivity index (χ4n) is 2.15. The lowest BCUT2D eigenvalue weighted by molar-refractivity contribution is 1.24. The summed E-state index contributed by atoms with van der Waals surface area (Å²) in [5.41, 5.74) is 10.2. The number of benzene rings is 2. The predicted molar refractivity (Wildman–Crippen MR) is 79.2 cm³/mol. The van der Waals surface area contributed by atoms with Crippen molar-refractivity contribution in [1.29, 1.82) is 0 Å². The van der Waals surface area contributed by atoms with E-state index in [1.165, 1.54) is 10.5 Å². The molecule has 0 aromatic heterocycles. The van der Waals surface area contributed by atoms with Crippen molar-refractivity contribution in [2.24, 2.45) is 0 Å². The minimum absolute atomic E-state index is 0.777. The van der Waals surface area contributed by atoms with Crippen molar-refractivity contribution in [3.8, 4) is 0 Å². The second-order valence-electron chi connectivity index (χ2n) is 4.36. The molecule has 0 fully saturated rings. The van der Waals surface area contributed by atoms with Gasteiger partial charge in [-0.2, -0.15) is 0 Å². The van der Waals surface area contributed by atoms with E-state index in [4.69, 9.17) is 5.73 Å². The first-order valence-electron chi connectivity index (χ1n) is 5.79. The second kappa shape index (κ2) is 4.10. The molecule has 0 aliphatic carbocycles. The lowest BCUT2D eigenvalue weighted by Gasteiger charge is -2.22. The van der Waals surface area contributed by atoms with Crippen molar-refractivity contribution in [3.63, 3.8) is 0 Å². The number of nitrogens with two attached hydrogens (primary N) is 1. The Balaban J connectivity index is 2.17. The van der Waals surface area contributed by atoms with Crippen LogP contribution in [0.4, 0.5) is 17.1 Å². The molecule has 18 heavy (non-hydrogen) atoms. The zero-order valence-electron chi connectivity index (χ0n) is 10.2. The first-order valence-corrected chi connectivity index (χ1v) is 6.60. The van der Waals surface area contributed by atoms with Crippen LogP contribution in [0.2, 0.25) is 0 Å². The van der Waals surface area contributed by atoms with E-state index >= 15 is 0 Å². The van der Waals surface area contributed by atoms with Crippen LogP contribution in [0.3, 0.4) is 0 Å². The van der Waals surface area contributed by atoms with Crippen LogP contribution in [0.5, 0.6) is 0 Å². The third-order valence-corrected chi connectivity index (χ3v) is 3.99. The van der Waals surface area contributed by atoms with Gasteiger partial charge in [-0.3, -0.25) is 0 Å². The predicted octanol–water partition coefficient (Wildman–Crippen LogP) is 4.29. The zero-order valence-corrected chi connectivity index (χ0v) is 11.0. The Morgan fingerprint density at radius 1 is 1.11 bits per heavy atom. The molecule has 1 heterocycles. The van der Waals surface area contributed by atoms with E-state index < -0.39 is 0 Å². The van der Waals surface area contributed by atoms with Crippen LogP contribution < -0.4 is 10.6 Å². The average Bonchev–Trinajstić information content (AvgIpc) is 2.68. The van der Waals surface area contributed by atoms with Gasteiger partial charge in [0.1, 0.15) is 0 Å². The molecule has 2 N–H and O–H groups in total. The van der Waals surface area contributed by atoms with Gasteiger partial charge in [0, 0.05) is 4.90 Å². The molecule has 90 valence electrons. The van der Waals surface area contributed by atoms with Gasteiger partial charge >= 0.3 is 0 Å². The van der Waals surface area contributed by atoms with Crippen LogP contribution in [0.15, 0.2) is 59.0 Å². The first kappa shape index (κ1) is 11.2. The highest BCUT2D eigenvalue weighted by molar-refractivity contribution is 8.03. The lowest BCUT2D eigenvalue weighted by Crippen LogP contribution is -2.11. The molecule has 0 amide bonds. The molecule has 1 aliphatic heterocycles. The molecule has 2 aromatic rings. The van der Waals surface area contributed by atoms with E-state index in [1.54, 1.807) is 11.8 Å². The highest BCUT2D eigenvalue weighted by atomic mass is 32.2. The molecule has 1 aliphatic rings. The summed E-state index contributed by atoms with van der Waals surface area (Å²) in [6, 6.07) is 14.4. The summed E-state index contributed by atoms with van der Waals surface area (Å²) in [6.07, 6.45) is 0. The summed E-state index contributed by atoms with van der Waals surface area (Å²) < 4.78 is 0.